The maximum atomic E-state index is 13.1. The average Bonchev–Trinajstić information content (AvgIpc) is 3.19. The summed E-state index contributed by atoms with van der Waals surface area (Å²) in [7, 11) is 0. The van der Waals surface area contributed by atoms with E-state index in [-0.39, 0.29) is 18.0 Å². The van der Waals surface area contributed by atoms with Crippen LogP contribution >= 0.6 is 0 Å². The highest BCUT2D eigenvalue weighted by Gasteiger charge is 2.42. The first-order valence-electron chi connectivity index (χ1n) is 11.8. The van der Waals surface area contributed by atoms with Gasteiger partial charge in [0.2, 0.25) is 5.91 Å². The van der Waals surface area contributed by atoms with Crippen LogP contribution in [-0.2, 0) is 4.79 Å². The zero-order chi connectivity index (χ0) is 22.4. The van der Waals surface area contributed by atoms with Crippen molar-refractivity contribution in [3.63, 3.8) is 0 Å². The first-order chi connectivity index (χ1) is 15.0. The molecule has 2 aromatic carbocycles. The zero-order valence-corrected chi connectivity index (χ0v) is 19.4. The lowest BCUT2D eigenvalue weighted by molar-refractivity contribution is -0.132. The molecule has 4 nitrogen and oxygen atoms in total. The minimum absolute atomic E-state index is 0.125. The standard InChI is InChI=1S/C27H38N2O2/c1-5-20(3)28(21(4)6-2)19-25(30)24-17-18-26(31)29(24)27(22-13-9-7-10-14-22)23-15-11-8-12-16-23/h7-16,20-21,24-25,27,30H,5-6,17-19H2,1-4H3/t20?,21?,24-,25-/m0/s1. The minimum atomic E-state index is -0.579. The molecule has 1 saturated heterocycles. The Morgan fingerprint density at radius 3 is 1.87 bits per heavy atom. The van der Waals surface area contributed by atoms with Gasteiger partial charge in [-0.1, -0.05) is 74.5 Å². The largest absolute Gasteiger partial charge is 0.390 e. The second-order valence-electron chi connectivity index (χ2n) is 8.91. The number of amides is 1. The van der Waals surface area contributed by atoms with Crippen molar-refractivity contribution in [2.24, 2.45) is 0 Å². The Morgan fingerprint density at radius 2 is 1.42 bits per heavy atom. The van der Waals surface area contributed by atoms with Crippen LogP contribution in [0.25, 0.3) is 0 Å². The van der Waals surface area contributed by atoms with Gasteiger partial charge in [0.25, 0.3) is 0 Å². The third-order valence-corrected chi connectivity index (χ3v) is 6.96. The maximum absolute atomic E-state index is 13.1. The number of carbonyl (C=O) groups is 1. The van der Waals surface area contributed by atoms with Gasteiger partial charge >= 0.3 is 0 Å². The first kappa shape index (κ1) is 23.5. The summed E-state index contributed by atoms with van der Waals surface area (Å²) in [5.74, 6) is 0.125. The van der Waals surface area contributed by atoms with E-state index in [0.717, 1.165) is 24.0 Å². The van der Waals surface area contributed by atoms with Crippen LogP contribution in [0.2, 0.25) is 0 Å². The van der Waals surface area contributed by atoms with E-state index < -0.39 is 6.10 Å². The Bertz CT molecular complexity index is 761. The summed E-state index contributed by atoms with van der Waals surface area (Å²) in [5, 5.41) is 11.4. The van der Waals surface area contributed by atoms with Crippen LogP contribution in [-0.4, -0.2) is 51.6 Å². The molecular weight excluding hydrogens is 384 g/mol. The fourth-order valence-corrected chi connectivity index (χ4v) is 4.82. The summed E-state index contributed by atoms with van der Waals surface area (Å²) in [6.45, 7) is 9.44. The monoisotopic (exact) mass is 422 g/mol. The molecule has 1 amide bonds. The molecule has 2 unspecified atom stereocenters. The van der Waals surface area contributed by atoms with E-state index in [1.807, 2.05) is 41.3 Å². The van der Waals surface area contributed by atoms with E-state index in [0.29, 0.717) is 31.5 Å². The highest BCUT2D eigenvalue weighted by Crippen LogP contribution is 2.37. The molecule has 168 valence electrons. The SMILES string of the molecule is CCC(C)N(C[C@H](O)[C@@H]1CCC(=O)N1C(c1ccccc1)c1ccccc1)C(C)CC. The van der Waals surface area contributed by atoms with Crippen molar-refractivity contribution < 1.29 is 9.90 Å². The van der Waals surface area contributed by atoms with Gasteiger partial charge in [-0.05, 0) is 44.2 Å². The Hall–Kier alpha value is -2.17. The van der Waals surface area contributed by atoms with Crippen molar-refractivity contribution in [3.8, 4) is 0 Å². The molecule has 1 N–H and O–H groups in total. The van der Waals surface area contributed by atoms with E-state index in [2.05, 4.69) is 56.9 Å². The molecule has 0 bridgehead atoms. The first-order valence-corrected chi connectivity index (χ1v) is 11.8. The van der Waals surface area contributed by atoms with Crippen molar-refractivity contribution in [2.45, 2.75) is 83.6 Å². The van der Waals surface area contributed by atoms with Crippen molar-refractivity contribution in [3.05, 3.63) is 71.8 Å². The van der Waals surface area contributed by atoms with E-state index in [1.165, 1.54) is 0 Å². The number of hydrogen-bond acceptors (Lipinski definition) is 3. The maximum Gasteiger partial charge on any atom is 0.223 e. The lowest BCUT2D eigenvalue weighted by atomic mass is 9.95. The summed E-state index contributed by atoms with van der Waals surface area (Å²) in [6, 6.07) is 20.8. The molecule has 1 aliphatic rings. The van der Waals surface area contributed by atoms with Gasteiger partial charge in [0.15, 0.2) is 0 Å². The van der Waals surface area contributed by atoms with Crippen molar-refractivity contribution in [1.82, 2.24) is 9.80 Å². The summed E-state index contributed by atoms with van der Waals surface area (Å²) in [5.41, 5.74) is 2.17. The number of rotatable bonds is 10. The minimum Gasteiger partial charge on any atom is -0.390 e. The fourth-order valence-electron chi connectivity index (χ4n) is 4.82. The third kappa shape index (κ3) is 5.36. The average molecular weight is 423 g/mol. The molecular formula is C27H38N2O2. The summed E-state index contributed by atoms with van der Waals surface area (Å²) >= 11 is 0. The van der Waals surface area contributed by atoms with Gasteiger partial charge in [0.05, 0.1) is 18.2 Å². The molecule has 0 aromatic heterocycles. The normalized spacial score (nSPS) is 19.8. The molecule has 1 aliphatic heterocycles. The van der Waals surface area contributed by atoms with Crippen LogP contribution in [0.5, 0.6) is 0 Å². The van der Waals surface area contributed by atoms with Gasteiger partial charge < -0.3 is 10.0 Å². The van der Waals surface area contributed by atoms with Crippen molar-refractivity contribution >= 4 is 5.91 Å². The van der Waals surface area contributed by atoms with E-state index >= 15 is 0 Å². The predicted octanol–water partition coefficient (Wildman–Crippen LogP) is 5.03. The Morgan fingerprint density at radius 1 is 0.935 bits per heavy atom. The third-order valence-electron chi connectivity index (χ3n) is 6.96. The number of carbonyl (C=O) groups excluding carboxylic acids is 1. The highest BCUT2D eigenvalue weighted by atomic mass is 16.3. The molecule has 31 heavy (non-hydrogen) atoms. The number of likely N-dealkylation sites (tertiary alicyclic amines) is 1. The smallest absolute Gasteiger partial charge is 0.223 e. The summed E-state index contributed by atoms with van der Waals surface area (Å²) in [4.78, 5) is 17.5. The van der Waals surface area contributed by atoms with Crippen LogP contribution in [0.3, 0.4) is 0 Å². The van der Waals surface area contributed by atoms with Gasteiger partial charge in [0, 0.05) is 25.0 Å². The second kappa shape index (κ2) is 10.9. The Kier molecular flexibility index (Phi) is 8.28. The number of aliphatic hydroxyl groups excluding tert-OH is 1. The topological polar surface area (TPSA) is 43.8 Å². The highest BCUT2D eigenvalue weighted by molar-refractivity contribution is 5.80. The van der Waals surface area contributed by atoms with Crippen LogP contribution in [0, 0.1) is 0 Å². The number of aliphatic hydroxyl groups is 1. The molecule has 4 heteroatoms. The molecule has 1 fully saturated rings. The molecule has 0 radical (unpaired) electrons. The fraction of sp³-hybridized carbons (Fsp3) is 0.519. The quantitative estimate of drug-likeness (QED) is 0.584. The molecule has 4 atom stereocenters. The van der Waals surface area contributed by atoms with Crippen LogP contribution in [0.1, 0.15) is 70.5 Å². The van der Waals surface area contributed by atoms with Crippen LogP contribution in [0.4, 0.5) is 0 Å². The molecule has 0 saturated carbocycles. The van der Waals surface area contributed by atoms with E-state index in [1.54, 1.807) is 0 Å². The van der Waals surface area contributed by atoms with Gasteiger partial charge in [-0.2, -0.15) is 0 Å². The lowest BCUT2D eigenvalue weighted by Gasteiger charge is -2.40. The van der Waals surface area contributed by atoms with Gasteiger partial charge in [-0.25, -0.2) is 0 Å². The Balaban J connectivity index is 1.92. The summed E-state index contributed by atoms with van der Waals surface area (Å²) < 4.78 is 0. The molecule has 1 heterocycles. The lowest BCUT2D eigenvalue weighted by Crippen LogP contribution is -2.51. The van der Waals surface area contributed by atoms with E-state index in [9.17, 15) is 9.90 Å². The Labute approximate surface area is 187 Å². The molecule has 3 rings (SSSR count). The van der Waals surface area contributed by atoms with Gasteiger partial charge in [-0.3, -0.25) is 9.69 Å². The second-order valence-corrected chi connectivity index (χ2v) is 8.91. The van der Waals surface area contributed by atoms with Crippen molar-refractivity contribution in [2.75, 3.05) is 6.54 Å². The predicted molar refractivity (Wildman–Crippen MR) is 127 cm³/mol. The van der Waals surface area contributed by atoms with E-state index in [4.69, 9.17) is 0 Å². The number of benzene rings is 2. The molecule has 2 aromatic rings. The zero-order valence-electron chi connectivity index (χ0n) is 19.4. The van der Waals surface area contributed by atoms with Crippen molar-refractivity contribution in [1.29, 1.82) is 0 Å². The van der Waals surface area contributed by atoms with Crippen LogP contribution < -0.4 is 0 Å². The number of nitrogens with zero attached hydrogens (tertiary/aromatic N) is 2. The molecule has 0 spiro atoms. The van der Waals surface area contributed by atoms with Gasteiger partial charge in [0.1, 0.15) is 0 Å². The van der Waals surface area contributed by atoms with Crippen LogP contribution in [0.15, 0.2) is 60.7 Å². The summed E-state index contributed by atoms with van der Waals surface area (Å²) in [6.07, 6.45) is 2.70. The van der Waals surface area contributed by atoms with Gasteiger partial charge in [-0.15, -0.1) is 0 Å². The molecule has 0 aliphatic carbocycles. The number of hydrogen-bond donors (Lipinski definition) is 1.